The second-order valence-corrected chi connectivity index (χ2v) is 5.52. The molecule has 0 aromatic heterocycles. The van der Waals surface area contributed by atoms with Crippen LogP contribution >= 0.6 is 0 Å². The minimum atomic E-state index is -0.580. The van der Waals surface area contributed by atoms with Crippen LogP contribution in [0.5, 0.6) is 0 Å². The van der Waals surface area contributed by atoms with Crippen molar-refractivity contribution >= 4 is 11.6 Å². The van der Waals surface area contributed by atoms with E-state index in [9.17, 15) is 9.18 Å². The highest BCUT2D eigenvalue weighted by Crippen LogP contribution is 2.42. The lowest BCUT2D eigenvalue weighted by Gasteiger charge is -2.23. The predicted molar refractivity (Wildman–Crippen MR) is 77.3 cm³/mol. The fourth-order valence-corrected chi connectivity index (χ4v) is 3.01. The number of nitrogens with zero attached hydrogens (tertiary/aromatic N) is 1. The Bertz CT molecular complexity index is 665. The zero-order valence-electron chi connectivity index (χ0n) is 11.6. The molecule has 3 rings (SSSR count). The third kappa shape index (κ3) is 1.82. The third-order valence-corrected chi connectivity index (χ3v) is 4.11. The van der Waals surface area contributed by atoms with Crippen molar-refractivity contribution in [3.05, 3.63) is 65.5 Å². The van der Waals surface area contributed by atoms with Crippen LogP contribution in [0.1, 0.15) is 18.1 Å². The number of rotatable bonds is 2. The summed E-state index contributed by atoms with van der Waals surface area (Å²) >= 11 is 0. The molecule has 2 aromatic carbocycles. The number of fused-ring (bicyclic) bond motifs is 1. The molecule has 0 unspecified atom stereocenters. The molecule has 3 heteroatoms. The largest absolute Gasteiger partial charge is 0.314 e. The lowest BCUT2D eigenvalue weighted by molar-refractivity contribution is -0.122. The first kappa shape index (κ1) is 12.9. The molecule has 0 radical (unpaired) electrons. The van der Waals surface area contributed by atoms with Crippen LogP contribution in [0, 0.1) is 5.82 Å². The maximum absolute atomic E-state index is 13.0. The summed E-state index contributed by atoms with van der Waals surface area (Å²) in [6.45, 7) is 1.96. The van der Waals surface area contributed by atoms with Crippen LogP contribution in [0.4, 0.5) is 10.1 Å². The maximum atomic E-state index is 13.0. The fourth-order valence-electron chi connectivity index (χ4n) is 3.01. The smallest absolute Gasteiger partial charge is 0.237 e. The van der Waals surface area contributed by atoms with Crippen molar-refractivity contribution in [2.45, 2.75) is 18.8 Å². The first-order valence-corrected chi connectivity index (χ1v) is 6.64. The normalized spacial score (nSPS) is 21.1. The highest BCUT2D eigenvalue weighted by molar-refractivity contribution is 6.07. The molecule has 0 aliphatic carbocycles. The molecular weight excluding hydrogens is 253 g/mol. The lowest BCUT2D eigenvalue weighted by atomic mass is 9.78. The summed E-state index contributed by atoms with van der Waals surface area (Å²) in [6.07, 6.45) is 0.577. The van der Waals surface area contributed by atoms with Gasteiger partial charge in [-0.3, -0.25) is 4.79 Å². The van der Waals surface area contributed by atoms with Crippen molar-refractivity contribution in [2.75, 3.05) is 11.9 Å². The van der Waals surface area contributed by atoms with Crippen LogP contribution in [-0.4, -0.2) is 13.0 Å². The Morgan fingerprint density at radius 3 is 2.45 bits per heavy atom. The molecular formula is C17H16FNO. The van der Waals surface area contributed by atoms with Gasteiger partial charge in [0.05, 0.1) is 5.41 Å². The van der Waals surface area contributed by atoms with Gasteiger partial charge in [0, 0.05) is 12.7 Å². The Hall–Kier alpha value is -2.16. The number of carbonyl (C=O) groups excluding carboxylic acids is 1. The Labute approximate surface area is 117 Å². The highest BCUT2D eigenvalue weighted by Gasteiger charge is 2.45. The predicted octanol–water partition coefficient (Wildman–Crippen LogP) is 3.30. The minimum absolute atomic E-state index is 0.0861. The lowest BCUT2D eigenvalue weighted by Crippen LogP contribution is -2.37. The Balaban J connectivity index is 2.03. The van der Waals surface area contributed by atoms with Crippen molar-refractivity contribution in [3.8, 4) is 0 Å². The van der Waals surface area contributed by atoms with Crippen LogP contribution in [0.2, 0.25) is 0 Å². The van der Waals surface area contributed by atoms with Gasteiger partial charge in [-0.2, -0.15) is 0 Å². The van der Waals surface area contributed by atoms with Crippen molar-refractivity contribution in [3.63, 3.8) is 0 Å². The topological polar surface area (TPSA) is 20.3 Å². The molecule has 1 heterocycles. The Morgan fingerprint density at radius 2 is 1.75 bits per heavy atom. The van der Waals surface area contributed by atoms with Gasteiger partial charge in [0.2, 0.25) is 5.91 Å². The monoisotopic (exact) mass is 269 g/mol. The molecule has 0 saturated carbocycles. The van der Waals surface area contributed by atoms with Gasteiger partial charge in [0.25, 0.3) is 0 Å². The van der Waals surface area contributed by atoms with E-state index < -0.39 is 5.41 Å². The van der Waals surface area contributed by atoms with E-state index in [4.69, 9.17) is 0 Å². The van der Waals surface area contributed by atoms with Crippen molar-refractivity contribution in [2.24, 2.45) is 0 Å². The first-order valence-electron chi connectivity index (χ1n) is 6.64. The number of hydrogen-bond donors (Lipinski definition) is 0. The summed E-state index contributed by atoms with van der Waals surface area (Å²) in [5.41, 5.74) is 2.38. The summed E-state index contributed by atoms with van der Waals surface area (Å²) in [5.74, 6) is -0.169. The van der Waals surface area contributed by atoms with Gasteiger partial charge in [0.15, 0.2) is 0 Å². The molecule has 2 nitrogen and oxygen atoms in total. The zero-order chi connectivity index (χ0) is 14.3. The number of halogens is 1. The molecule has 0 fully saturated rings. The molecule has 2 aromatic rings. The Morgan fingerprint density at radius 1 is 1.10 bits per heavy atom. The van der Waals surface area contributed by atoms with E-state index in [-0.39, 0.29) is 11.7 Å². The molecule has 1 aliphatic heterocycles. The summed E-state index contributed by atoms with van der Waals surface area (Å²) in [6, 6.07) is 14.2. The van der Waals surface area contributed by atoms with E-state index in [1.54, 1.807) is 24.1 Å². The van der Waals surface area contributed by atoms with Crippen LogP contribution in [-0.2, 0) is 16.6 Å². The number of carbonyl (C=O) groups is 1. The van der Waals surface area contributed by atoms with E-state index >= 15 is 0 Å². The quantitative estimate of drug-likeness (QED) is 0.819. The van der Waals surface area contributed by atoms with E-state index in [0.29, 0.717) is 6.42 Å². The molecule has 1 amide bonds. The van der Waals surface area contributed by atoms with E-state index in [1.807, 2.05) is 31.2 Å². The minimum Gasteiger partial charge on any atom is -0.314 e. The molecule has 20 heavy (non-hydrogen) atoms. The van der Waals surface area contributed by atoms with Gasteiger partial charge >= 0.3 is 0 Å². The molecule has 0 bridgehead atoms. The molecule has 0 spiro atoms. The number of likely N-dealkylation sites (N-methyl/N-ethyl adjacent to an activating group) is 1. The van der Waals surface area contributed by atoms with Gasteiger partial charge < -0.3 is 4.90 Å². The highest BCUT2D eigenvalue weighted by atomic mass is 19.1. The second-order valence-electron chi connectivity index (χ2n) is 5.52. The van der Waals surface area contributed by atoms with Gasteiger partial charge in [-0.1, -0.05) is 30.3 Å². The van der Waals surface area contributed by atoms with E-state index in [0.717, 1.165) is 16.8 Å². The van der Waals surface area contributed by atoms with E-state index in [1.165, 1.54) is 12.1 Å². The number of amides is 1. The van der Waals surface area contributed by atoms with Crippen LogP contribution < -0.4 is 4.90 Å². The van der Waals surface area contributed by atoms with Crippen LogP contribution in [0.3, 0.4) is 0 Å². The van der Waals surface area contributed by atoms with Gasteiger partial charge in [-0.05, 0) is 42.7 Å². The number of anilines is 1. The molecule has 1 atom stereocenters. The second kappa shape index (κ2) is 4.44. The number of benzene rings is 2. The summed E-state index contributed by atoms with van der Waals surface area (Å²) < 4.78 is 13.0. The number of hydrogen-bond acceptors (Lipinski definition) is 1. The van der Waals surface area contributed by atoms with Crippen molar-refractivity contribution in [1.82, 2.24) is 0 Å². The van der Waals surface area contributed by atoms with Gasteiger partial charge in [-0.25, -0.2) is 4.39 Å². The third-order valence-electron chi connectivity index (χ3n) is 4.11. The first-order chi connectivity index (χ1) is 9.52. The van der Waals surface area contributed by atoms with Crippen molar-refractivity contribution < 1.29 is 9.18 Å². The zero-order valence-corrected chi connectivity index (χ0v) is 11.6. The molecule has 0 N–H and O–H groups in total. The van der Waals surface area contributed by atoms with Gasteiger partial charge in [-0.15, -0.1) is 0 Å². The fraction of sp³-hybridized carbons (Fsp3) is 0.235. The molecule has 102 valence electrons. The SMILES string of the molecule is CN1C(=O)[C@](C)(Cc2ccc(F)cc2)c2ccccc21. The average Bonchev–Trinajstić information content (AvgIpc) is 2.65. The number of para-hydroxylation sites is 1. The molecule has 1 aliphatic rings. The molecule has 0 saturated heterocycles. The van der Waals surface area contributed by atoms with Crippen LogP contribution in [0.15, 0.2) is 48.5 Å². The summed E-state index contributed by atoms with van der Waals surface area (Å²) in [7, 11) is 1.80. The Kier molecular flexibility index (Phi) is 2.85. The van der Waals surface area contributed by atoms with E-state index in [2.05, 4.69) is 0 Å². The summed E-state index contributed by atoms with van der Waals surface area (Å²) in [4.78, 5) is 14.3. The maximum Gasteiger partial charge on any atom is 0.237 e. The summed E-state index contributed by atoms with van der Waals surface area (Å²) in [5, 5.41) is 0. The average molecular weight is 269 g/mol. The standard InChI is InChI=1S/C17H16FNO/c1-17(11-12-7-9-13(18)10-8-12)14-5-3-4-6-15(14)19(2)16(17)20/h3-10H,11H2,1-2H3/t17-/m1/s1. The van der Waals surface area contributed by atoms with Gasteiger partial charge in [0.1, 0.15) is 5.82 Å². The van der Waals surface area contributed by atoms with Crippen molar-refractivity contribution in [1.29, 1.82) is 0 Å². The van der Waals surface area contributed by atoms with Crippen LogP contribution in [0.25, 0.3) is 0 Å².